The number of hydrogen-bond acceptors (Lipinski definition) is 4. The Bertz CT molecular complexity index is 859. The van der Waals surface area contributed by atoms with Crippen LogP contribution < -0.4 is 15.0 Å². The van der Waals surface area contributed by atoms with E-state index in [9.17, 15) is 4.79 Å². The second-order valence-electron chi connectivity index (χ2n) is 7.85. The molecular formula is C23H28ClN3O2. The Morgan fingerprint density at radius 3 is 2.90 bits per heavy atom. The Kier molecular flexibility index (Phi) is 6.26. The number of carbonyl (C=O) groups is 1. The third-order valence-electron chi connectivity index (χ3n) is 5.89. The van der Waals surface area contributed by atoms with Crippen LogP contribution in [0.1, 0.15) is 28.8 Å². The van der Waals surface area contributed by atoms with Gasteiger partial charge >= 0.3 is 0 Å². The van der Waals surface area contributed by atoms with E-state index in [-0.39, 0.29) is 5.91 Å². The number of anilines is 1. The number of rotatable bonds is 6. The first-order chi connectivity index (χ1) is 14.1. The summed E-state index contributed by atoms with van der Waals surface area (Å²) in [7, 11) is 1.99. The van der Waals surface area contributed by atoms with Crippen molar-refractivity contribution in [1.82, 2.24) is 10.2 Å². The number of likely N-dealkylation sites (tertiary alicyclic amines) is 1. The summed E-state index contributed by atoms with van der Waals surface area (Å²) in [6.45, 7) is 4.11. The minimum absolute atomic E-state index is 0.117. The number of nitrogens with zero attached hydrogens (tertiary/aromatic N) is 2. The first kappa shape index (κ1) is 20.0. The summed E-state index contributed by atoms with van der Waals surface area (Å²) in [4.78, 5) is 17.5. The van der Waals surface area contributed by atoms with Crippen molar-refractivity contribution in [2.24, 2.45) is 0 Å². The molecule has 5 nitrogen and oxygen atoms in total. The maximum atomic E-state index is 12.9. The zero-order valence-electron chi connectivity index (χ0n) is 16.9. The summed E-state index contributed by atoms with van der Waals surface area (Å²) < 4.78 is 5.81. The van der Waals surface area contributed by atoms with Gasteiger partial charge in [0, 0.05) is 31.2 Å². The minimum Gasteiger partial charge on any atom is -0.489 e. The van der Waals surface area contributed by atoms with Gasteiger partial charge < -0.3 is 15.0 Å². The number of likely N-dealkylation sites (N-methyl/N-ethyl adjacent to an activating group) is 1. The van der Waals surface area contributed by atoms with Gasteiger partial charge in [-0.25, -0.2) is 0 Å². The fourth-order valence-corrected chi connectivity index (χ4v) is 4.44. The van der Waals surface area contributed by atoms with Gasteiger partial charge in [0.15, 0.2) is 5.75 Å². The van der Waals surface area contributed by atoms with E-state index in [0.717, 1.165) is 38.2 Å². The van der Waals surface area contributed by atoms with Crippen molar-refractivity contribution in [3.63, 3.8) is 0 Å². The SMILES string of the molecule is CN1CCOc2c(C(=O)NC[C@H]3CCCN3CCc3ccccc3)cc(Cl)cc21. The fraction of sp³-hybridized carbons (Fsp3) is 0.435. The van der Waals surface area contributed by atoms with Crippen molar-refractivity contribution in [3.05, 3.63) is 58.6 Å². The number of hydrogen-bond donors (Lipinski definition) is 1. The molecule has 1 amide bonds. The zero-order valence-corrected chi connectivity index (χ0v) is 17.6. The molecule has 1 N–H and O–H groups in total. The van der Waals surface area contributed by atoms with E-state index in [4.69, 9.17) is 16.3 Å². The predicted molar refractivity (Wildman–Crippen MR) is 117 cm³/mol. The lowest BCUT2D eigenvalue weighted by molar-refractivity contribution is 0.0936. The second-order valence-corrected chi connectivity index (χ2v) is 8.29. The molecule has 2 aromatic carbocycles. The summed E-state index contributed by atoms with van der Waals surface area (Å²) in [6, 6.07) is 14.5. The minimum atomic E-state index is -0.117. The molecule has 0 aliphatic carbocycles. The van der Waals surface area contributed by atoms with Crippen LogP contribution in [0.2, 0.25) is 5.02 Å². The van der Waals surface area contributed by atoms with Crippen molar-refractivity contribution in [1.29, 1.82) is 0 Å². The molecule has 0 aromatic heterocycles. The summed E-state index contributed by atoms with van der Waals surface area (Å²) in [6.07, 6.45) is 3.32. The lowest BCUT2D eigenvalue weighted by Crippen LogP contribution is -2.41. The molecule has 2 heterocycles. The standard InChI is InChI=1S/C23H28ClN3O2/c1-26-12-13-29-22-20(14-18(24)15-21(22)26)23(28)25-16-19-8-5-10-27(19)11-9-17-6-3-2-4-7-17/h2-4,6-7,14-15,19H,5,8-13,16H2,1H3,(H,25,28)/t19-/m1/s1. The number of benzene rings is 2. The smallest absolute Gasteiger partial charge is 0.255 e. The van der Waals surface area contributed by atoms with Gasteiger partial charge in [-0.3, -0.25) is 9.69 Å². The molecule has 0 radical (unpaired) electrons. The van der Waals surface area contributed by atoms with Gasteiger partial charge in [0.05, 0.1) is 17.8 Å². The Hall–Kier alpha value is -2.24. The van der Waals surface area contributed by atoms with E-state index >= 15 is 0 Å². The molecule has 4 rings (SSSR count). The van der Waals surface area contributed by atoms with Crippen molar-refractivity contribution in [2.45, 2.75) is 25.3 Å². The highest BCUT2D eigenvalue weighted by atomic mass is 35.5. The molecule has 0 spiro atoms. The van der Waals surface area contributed by atoms with Crippen molar-refractivity contribution < 1.29 is 9.53 Å². The number of fused-ring (bicyclic) bond motifs is 1. The topological polar surface area (TPSA) is 44.8 Å². The first-order valence-corrected chi connectivity index (χ1v) is 10.7. The third kappa shape index (κ3) is 4.68. The molecule has 1 saturated heterocycles. The van der Waals surface area contributed by atoms with Crippen LogP contribution >= 0.6 is 11.6 Å². The Morgan fingerprint density at radius 2 is 2.07 bits per heavy atom. The number of amides is 1. The number of ether oxygens (including phenoxy) is 1. The van der Waals surface area contributed by atoms with Crippen molar-refractivity contribution >= 4 is 23.2 Å². The van der Waals surface area contributed by atoms with Crippen LogP contribution in [-0.4, -0.2) is 56.7 Å². The Morgan fingerprint density at radius 1 is 1.24 bits per heavy atom. The van der Waals surface area contributed by atoms with E-state index in [0.29, 0.717) is 35.5 Å². The number of nitrogens with one attached hydrogen (secondary N) is 1. The van der Waals surface area contributed by atoms with Gasteiger partial charge in [-0.2, -0.15) is 0 Å². The quantitative estimate of drug-likeness (QED) is 0.785. The third-order valence-corrected chi connectivity index (χ3v) is 6.11. The van der Waals surface area contributed by atoms with Crippen LogP contribution in [0.15, 0.2) is 42.5 Å². The Labute approximate surface area is 177 Å². The monoisotopic (exact) mass is 413 g/mol. The largest absolute Gasteiger partial charge is 0.489 e. The number of carbonyl (C=O) groups excluding carboxylic acids is 1. The van der Waals surface area contributed by atoms with Crippen LogP contribution in [-0.2, 0) is 6.42 Å². The summed E-state index contributed by atoms with van der Waals surface area (Å²) in [5.74, 6) is 0.516. The average molecular weight is 414 g/mol. The molecule has 1 atom stereocenters. The maximum Gasteiger partial charge on any atom is 0.255 e. The van der Waals surface area contributed by atoms with E-state index < -0.39 is 0 Å². The van der Waals surface area contributed by atoms with Crippen LogP contribution in [0.4, 0.5) is 5.69 Å². The molecule has 6 heteroatoms. The lowest BCUT2D eigenvalue weighted by atomic mass is 10.1. The van der Waals surface area contributed by atoms with Crippen molar-refractivity contribution in [3.8, 4) is 5.75 Å². The lowest BCUT2D eigenvalue weighted by Gasteiger charge is -2.29. The van der Waals surface area contributed by atoms with Gasteiger partial charge in [0.25, 0.3) is 5.91 Å². The molecule has 0 unspecified atom stereocenters. The van der Waals surface area contributed by atoms with Gasteiger partial charge in [0.2, 0.25) is 0 Å². The predicted octanol–water partition coefficient (Wildman–Crippen LogP) is 3.61. The van der Waals surface area contributed by atoms with Crippen LogP contribution in [0.25, 0.3) is 0 Å². The van der Waals surface area contributed by atoms with E-state index in [2.05, 4.69) is 39.4 Å². The molecule has 154 valence electrons. The molecule has 29 heavy (non-hydrogen) atoms. The van der Waals surface area contributed by atoms with E-state index in [1.807, 2.05) is 19.2 Å². The highest BCUT2D eigenvalue weighted by molar-refractivity contribution is 6.31. The zero-order chi connectivity index (χ0) is 20.2. The molecule has 2 aliphatic heterocycles. The molecule has 2 aromatic rings. The normalized spacial score (nSPS) is 19.0. The van der Waals surface area contributed by atoms with Crippen LogP contribution in [0.5, 0.6) is 5.75 Å². The second kappa shape index (κ2) is 9.06. The van der Waals surface area contributed by atoms with Crippen molar-refractivity contribution in [2.75, 3.05) is 44.7 Å². The Balaban J connectivity index is 1.38. The van der Waals surface area contributed by atoms with Crippen LogP contribution in [0, 0.1) is 0 Å². The highest BCUT2D eigenvalue weighted by Crippen LogP contribution is 2.37. The highest BCUT2D eigenvalue weighted by Gasteiger charge is 2.27. The summed E-state index contributed by atoms with van der Waals surface area (Å²) in [5.41, 5.74) is 2.75. The summed E-state index contributed by atoms with van der Waals surface area (Å²) in [5, 5.41) is 3.68. The number of halogens is 1. The summed E-state index contributed by atoms with van der Waals surface area (Å²) >= 11 is 6.27. The molecule has 1 fully saturated rings. The van der Waals surface area contributed by atoms with E-state index in [1.165, 1.54) is 12.0 Å². The first-order valence-electron chi connectivity index (χ1n) is 10.4. The van der Waals surface area contributed by atoms with Gasteiger partial charge in [-0.05, 0) is 43.5 Å². The molecule has 0 saturated carbocycles. The van der Waals surface area contributed by atoms with E-state index in [1.54, 1.807) is 6.07 Å². The molecule has 0 bridgehead atoms. The van der Waals surface area contributed by atoms with Crippen LogP contribution in [0.3, 0.4) is 0 Å². The maximum absolute atomic E-state index is 12.9. The average Bonchev–Trinajstić information content (AvgIpc) is 3.19. The van der Waals surface area contributed by atoms with Gasteiger partial charge in [-0.1, -0.05) is 41.9 Å². The fourth-order valence-electron chi connectivity index (χ4n) is 4.23. The van der Waals surface area contributed by atoms with Gasteiger partial charge in [0.1, 0.15) is 6.61 Å². The van der Waals surface area contributed by atoms with Gasteiger partial charge in [-0.15, -0.1) is 0 Å². The molecular weight excluding hydrogens is 386 g/mol. The molecule has 2 aliphatic rings.